The third-order valence-corrected chi connectivity index (χ3v) is 6.44. The number of carboxylic acids is 1. The van der Waals surface area contributed by atoms with Gasteiger partial charge in [0.25, 0.3) is 0 Å². The van der Waals surface area contributed by atoms with Crippen LogP contribution in [-0.2, 0) is 11.2 Å². The molecule has 0 spiro atoms. The predicted octanol–water partition coefficient (Wildman–Crippen LogP) is -0.627. The molecule has 7 heteroatoms. The van der Waals surface area contributed by atoms with Gasteiger partial charge in [0.2, 0.25) is 0 Å². The Hall–Kier alpha value is -1.83. The Labute approximate surface area is 216 Å². The van der Waals surface area contributed by atoms with Crippen LogP contribution in [0.1, 0.15) is 43.7 Å². The second-order valence-corrected chi connectivity index (χ2v) is 9.12. The van der Waals surface area contributed by atoms with Crippen LogP contribution in [0.4, 0.5) is 0 Å². The third-order valence-electron chi connectivity index (χ3n) is 6.44. The molecule has 2 aromatic carbocycles. The summed E-state index contributed by atoms with van der Waals surface area (Å²) in [6, 6.07) is 15.1. The van der Waals surface area contributed by atoms with Gasteiger partial charge in [-0.2, -0.15) is 0 Å². The van der Waals surface area contributed by atoms with Gasteiger partial charge in [-0.25, -0.2) is 0 Å². The summed E-state index contributed by atoms with van der Waals surface area (Å²) in [6.45, 7) is 3.64. The summed E-state index contributed by atoms with van der Waals surface area (Å²) in [5, 5.41) is 32.4. The summed E-state index contributed by atoms with van der Waals surface area (Å²) in [7, 11) is 0. The molecule has 33 heavy (non-hydrogen) atoms. The van der Waals surface area contributed by atoms with Gasteiger partial charge in [-0.05, 0) is 44.4 Å². The molecule has 1 fully saturated rings. The van der Waals surface area contributed by atoms with Crippen molar-refractivity contribution >= 4 is 5.97 Å². The molecule has 170 valence electrons. The van der Waals surface area contributed by atoms with Gasteiger partial charge in [-0.1, -0.05) is 48.6 Å². The van der Waals surface area contributed by atoms with E-state index in [9.17, 15) is 20.1 Å². The number of ether oxygens (including phenoxy) is 2. The molecule has 0 amide bonds. The number of carbonyl (C=O) groups is 1. The number of carboxylic acid groups (broad SMARTS) is 1. The van der Waals surface area contributed by atoms with E-state index < -0.39 is 23.8 Å². The van der Waals surface area contributed by atoms with Crippen molar-refractivity contribution in [3.05, 3.63) is 71.8 Å². The van der Waals surface area contributed by atoms with Crippen LogP contribution in [0.3, 0.4) is 0 Å². The molecule has 1 saturated carbocycles. The number of aryl methyl sites for hydroxylation is 1. The number of rotatable bonds is 8. The van der Waals surface area contributed by atoms with E-state index in [1.54, 1.807) is 6.08 Å². The molecule has 0 radical (unpaired) electrons. The number of aliphatic hydroxyl groups excluding tert-OH is 2. The molecule has 1 aliphatic heterocycles. The Kier molecular flexibility index (Phi) is 8.30. The number of hydrogen-bond acceptors (Lipinski definition) is 6. The van der Waals surface area contributed by atoms with Gasteiger partial charge >= 0.3 is 29.6 Å². The molecule has 0 saturated heterocycles. The van der Waals surface area contributed by atoms with Gasteiger partial charge in [0.05, 0.1) is 6.10 Å². The molecule has 1 heterocycles. The summed E-state index contributed by atoms with van der Waals surface area (Å²) in [6.07, 6.45) is 2.66. The van der Waals surface area contributed by atoms with E-state index in [1.165, 1.54) is 0 Å². The van der Waals surface area contributed by atoms with E-state index in [0.29, 0.717) is 18.6 Å². The number of carbonyl (C=O) groups excluding carboxylic acids is 1. The first-order valence-corrected chi connectivity index (χ1v) is 11.0. The zero-order valence-corrected chi connectivity index (χ0v) is 21.3. The van der Waals surface area contributed by atoms with Crippen LogP contribution in [0.2, 0.25) is 0 Å². The molecule has 1 aliphatic carbocycles. The number of aliphatic carboxylic acids is 1. The minimum atomic E-state index is -1.09. The topological polar surface area (TPSA) is 99.1 Å². The first-order valence-electron chi connectivity index (χ1n) is 11.0. The maximum absolute atomic E-state index is 10.9. The van der Waals surface area contributed by atoms with E-state index in [1.807, 2.05) is 68.5 Å². The second-order valence-electron chi connectivity index (χ2n) is 9.12. The van der Waals surface area contributed by atoms with Crippen molar-refractivity contribution in [2.45, 2.75) is 62.9 Å². The minimum absolute atomic E-state index is 0. The van der Waals surface area contributed by atoms with Crippen molar-refractivity contribution in [3.63, 3.8) is 0 Å². The van der Waals surface area contributed by atoms with Crippen LogP contribution >= 0.6 is 0 Å². The minimum Gasteiger partial charge on any atom is -0.550 e. The zero-order chi connectivity index (χ0) is 22.9. The molecular weight excluding hydrogens is 431 g/mol. The number of para-hydroxylation sites is 2. The molecule has 4 rings (SSSR count). The van der Waals surface area contributed by atoms with Gasteiger partial charge < -0.3 is 29.6 Å². The Bertz CT molecular complexity index is 990. The summed E-state index contributed by atoms with van der Waals surface area (Å²) >= 11 is 0. The smallest absolute Gasteiger partial charge is 0.550 e. The van der Waals surface area contributed by atoms with Crippen molar-refractivity contribution in [2.24, 2.45) is 5.92 Å². The molecule has 0 unspecified atom stereocenters. The zero-order valence-electron chi connectivity index (χ0n) is 19.3. The monoisotopic (exact) mass is 460 g/mol. The predicted molar refractivity (Wildman–Crippen MR) is 117 cm³/mol. The van der Waals surface area contributed by atoms with Crippen molar-refractivity contribution in [1.82, 2.24) is 0 Å². The molecular formula is C26H29NaO6. The number of aliphatic hydroxyl groups is 2. The average Bonchev–Trinajstić information content (AvgIpc) is 3.25. The summed E-state index contributed by atoms with van der Waals surface area (Å²) in [4.78, 5) is 10.9. The van der Waals surface area contributed by atoms with E-state index in [0.717, 1.165) is 16.9 Å². The number of fused-ring (bicyclic) bond motifs is 3. The standard InChI is InChI=1S/C26H30O6.Na/c1-26(2,32-17-8-4-3-5-9-17)22(28)13-12-18-20(27)15-21-24(18)19-10-6-7-16(25(19)31-21)11-14-23(29)30;/h3-10,12-13,18,20-22,24,27-28H,11,14-15H2,1-2H3,(H,29,30);/q;+1/p-1/t18-,20+,21-,22+,24-;/m0./s1. The fraction of sp³-hybridized carbons (Fsp3) is 0.423. The summed E-state index contributed by atoms with van der Waals surface area (Å²) < 4.78 is 12.1. The quantitative estimate of drug-likeness (QED) is 0.402. The van der Waals surface area contributed by atoms with Crippen LogP contribution in [0, 0.1) is 5.92 Å². The van der Waals surface area contributed by atoms with E-state index in [4.69, 9.17) is 9.47 Å². The molecule has 0 aromatic heterocycles. The van der Waals surface area contributed by atoms with Crippen molar-refractivity contribution in [3.8, 4) is 11.5 Å². The van der Waals surface area contributed by atoms with Gasteiger partial charge in [0, 0.05) is 29.8 Å². The van der Waals surface area contributed by atoms with Crippen LogP contribution in [0.25, 0.3) is 0 Å². The Morgan fingerprint density at radius 1 is 1.24 bits per heavy atom. The molecule has 2 aliphatic rings. The largest absolute Gasteiger partial charge is 1.00 e. The second kappa shape index (κ2) is 10.6. The first kappa shape index (κ1) is 25.8. The molecule has 5 atom stereocenters. The van der Waals surface area contributed by atoms with Gasteiger partial charge in [0.1, 0.15) is 29.3 Å². The average molecular weight is 461 g/mol. The van der Waals surface area contributed by atoms with E-state index in [-0.39, 0.29) is 53.9 Å². The van der Waals surface area contributed by atoms with E-state index in [2.05, 4.69) is 0 Å². The SMILES string of the molecule is CC(C)(Oc1ccccc1)[C@H](O)C=C[C@@H]1[C@H]2c3cccc(CCC(=O)[O-])c3O[C@H]2C[C@H]1O.[Na+]. The summed E-state index contributed by atoms with van der Waals surface area (Å²) in [5.41, 5.74) is 0.963. The summed E-state index contributed by atoms with van der Waals surface area (Å²) in [5.74, 6) is 0.0335. The van der Waals surface area contributed by atoms with E-state index >= 15 is 0 Å². The third kappa shape index (κ3) is 5.64. The van der Waals surface area contributed by atoms with Gasteiger partial charge in [-0.15, -0.1) is 0 Å². The normalized spacial score (nSPS) is 24.5. The van der Waals surface area contributed by atoms with Crippen LogP contribution in [-0.4, -0.2) is 40.1 Å². The Morgan fingerprint density at radius 2 is 1.97 bits per heavy atom. The first-order chi connectivity index (χ1) is 15.3. The maximum Gasteiger partial charge on any atom is 1.00 e. The van der Waals surface area contributed by atoms with Crippen LogP contribution in [0.15, 0.2) is 60.7 Å². The fourth-order valence-corrected chi connectivity index (χ4v) is 4.72. The van der Waals surface area contributed by atoms with Gasteiger partial charge in [0.15, 0.2) is 0 Å². The van der Waals surface area contributed by atoms with Crippen LogP contribution < -0.4 is 44.1 Å². The fourth-order valence-electron chi connectivity index (χ4n) is 4.72. The van der Waals surface area contributed by atoms with Crippen molar-refractivity contribution in [1.29, 1.82) is 0 Å². The number of benzene rings is 2. The maximum atomic E-state index is 10.9. The Balaban J connectivity index is 0.00000306. The van der Waals surface area contributed by atoms with Gasteiger partial charge in [-0.3, -0.25) is 0 Å². The van der Waals surface area contributed by atoms with Crippen molar-refractivity contribution < 1.29 is 59.1 Å². The van der Waals surface area contributed by atoms with Crippen LogP contribution in [0.5, 0.6) is 11.5 Å². The molecule has 2 aromatic rings. The number of hydrogen-bond donors (Lipinski definition) is 2. The Morgan fingerprint density at radius 3 is 2.67 bits per heavy atom. The molecule has 2 N–H and O–H groups in total. The molecule has 0 bridgehead atoms. The van der Waals surface area contributed by atoms with Crippen molar-refractivity contribution in [2.75, 3.05) is 0 Å². The molecule has 6 nitrogen and oxygen atoms in total.